The summed E-state index contributed by atoms with van der Waals surface area (Å²) >= 11 is 0. The van der Waals surface area contributed by atoms with Crippen LogP contribution in [0.4, 0.5) is 0 Å². The zero-order chi connectivity index (χ0) is 24.8. The molecule has 0 aromatic carbocycles. The van der Waals surface area contributed by atoms with Crippen LogP contribution in [-0.2, 0) is 38.1 Å². The average molecular weight is 453 g/mol. The molecule has 0 bridgehead atoms. The highest BCUT2D eigenvalue weighted by molar-refractivity contribution is 5.66. The maximum atomic E-state index is 10.6. The molecule has 0 saturated heterocycles. The molecule has 8 nitrogen and oxygen atoms in total. The van der Waals surface area contributed by atoms with Gasteiger partial charge in [0.2, 0.25) is 0 Å². The normalized spacial score (nSPS) is 16.8. The summed E-state index contributed by atoms with van der Waals surface area (Å²) in [6, 6.07) is 0. The highest BCUT2D eigenvalue weighted by atomic mass is 16.5. The Bertz CT molecular complexity index is 594. The summed E-state index contributed by atoms with van der Waals surface area (Å²) in [4.78, 5) is 41.9. The minimum atomic E-state index is -0.307. The van der Waals surface area contributed by atoms with Gasteiger partial charge in [-0.05, 0) is 25.0 Å². The summed E-state index contributed by atoms with van der Waals surface area (Å²) in [5.41, 5.74) is 0. The molecular weight excluding hydrogens is 416 g/mol. The van der Waals surface area contributed by atoms with Gasteiger partial charge in [0.1, 0.15) is 13.2 Å². The molecule has 0 aliphatic heterocycles. The van der Waals surface area contributed by atoms with Crippen molar-refractivity contribution in [1.82, 2.24) is 0 Å². The number of carbonyl (C=O) groups excluding carboxylic acids is 4. The molecule has 0 amide bonds. The first-order valence-corrected chi connectivity index (χ1v) is 10.2. The fraction of sp³-hybridized carbons (Fsp3) is 0.500. The quantitative estimate of drug-likeness (QED) is 0.226. The van der Waals surface area contributed by atoms with E-state index in [9.17, 15) is 19.2 Å². The molecule has 1 aliphatic carbocycles. The van der Waals surface area contributed by atoms with Crippen molar-refractivity contribution in [3.8, 4) is 0 Å². The van der Waals surface area contributed by atoms with Gasteiger partial charge in [-0.15, -0.1) is 13.2 Å². The Labute approximate surface area is 190 Å². The van der Waals surface area contributed by atoms with Crippen molar-refractivity contribution in [1.29, 1.82) is 0 Å². The van der Waals surface area contributed by atoms with E-state index in [0.717, 1.165) is 12.8 Å². The molecule has 2 atom stereocenters. The molecular formula is C24H36O8. The molecule has 1 rings (SSSR count). The van der Waals surface area contributed by atoms with Crippen molar-refractivity contribution >= 4 is 23.9 Å². The smallest absolute Gasteiger partial charge is 0.302 e. The van der Waals surface area contributed by atoms with E-state index in [-0.39, 0.29) is 37.1 Å². The van der Waals surface area contributed by atoms with E-state index in [4.69, 9.17) is 9.47 Å². The Morgan fingerprint density at radius 1 is 0.688 bits per heavy atom. The molecule has 0 N–H and O–H groups in total. The molecule has 8 heteroatoms. The van der Waals surface area contributed by atoms with Gasteiger partial charge in [-0.3, -0.25) is 19.2 Å². The monoisotopic (exact) mass is 452 g/mol. The molecule has 0 unspecified atom stereocenters. The molecule has 0 aromatic rings. The lowest BCUT2D eigenvalue weighted by molar-refractivity contribution is -0.143. The lowest BCUT2D eigenvalue weighted by Crippen LogP contribution is -2.18. The van der Waals surface area contributed by atoms with E-state index in [2.05, 4.69) is 22.6 Å². The van der Waals surface area contributed by atoms with E-state index in [1.807, 2.05) is 12.2 Å². The molecule has 1 aliphatic rings. The lowest BCUT2D eigenvalue weighted by Gasteiger charge is -2.22. The van der Waals surface area contributed by atoms with Crippen molar-refractivity contribution in [3.63, 3.8) is 0 Å². The number of carbonyl (C=O) groups is 4. The number of hydrogen-bond acceptors (Lipinski definition) is 8. The van der Waals surface area contributed by atoms with Gasteiger partial charge in [0.05, 0.1) is 13.2 Å². The van der Waals surface area contributed by atoms with E-state index in [1.165, 1.54) is 27.7 Å². The molecule has 0 radical (unpaired) electrons. The van der Waals surface area contributed by atoms with Crippen LogP contribution in [0.1, 0.15) is 40.5 Å². The van der Waals surface area contributed by atoms with Gasteiger partial charge in [-0.25, -0.2) is 0 Å². The average Bonchev–Trinajstić information content (AvgIpc) is 2.75. The van der Waals surface area contributed by atoms with Crippen LogP contribution >= 0.6 is 0 Å². The first-order valence-electron chi connectivity index (χ1n) is 10.2. The Hall–Kier alpha value is -3.16. The van der Waals surface area contributed by atoms with E-state index >= 15 is 0 Å². The summed E-state index contributed by atoms with van der Waals surface area (Å²) in [6.07, 6.45) is 12.8. The summed E-state index contributed by atoms with van der Waals surface area (Å²) in [5.74, 6) is -0.488. The predicted octanol–water partition coefficient (Wildman–Crippen LogP) is 3.72. The van der Waals surface area contributed by atoms with Gasteiger partial charge in [-0.1, -0.05) is 24.3 Å². The third-order valence-corrected chi connectivity index (χ3v) is 3.71. The molecule has 0 saturated carbocycles. The maximum absolute atomic E-state index is 10.6. The molecule has 0 spiro atoms. The third kappa shape index (κ3) is 23.1. The second-order valence-corrected chi connectivity index (χ2v) is 6.55. The van der Waals surface area contributed by atoms with Gasteiger partial charge >= 0.3 is 23.9 Å². The molecule has 0 fully saturated rings. The van der Waals surface area contributed by atoms with Gasteiger partial charge in [0, 0.05) is 39.5 Å². The first-order chi connectivity index (χ1) is 15.2. The standard InChI is InChI=1S/C12H18O4.C10H14O4.C2H4/c1-9(13)15-7-11-3-5-12(6-4-11)8-16-10(2)14;1-9(11)13-7-5-3-4-6-8-14-10(2)12;1-2/h3,5,11-12H,4,6-8H2,1-2H3;3-6H,7-8H2,1-2H3;1-2H2/b;5-3+,6-4+;/t11-,12+;;. The van der Waals surface area contributed by atoms with E-state index in [1.54, 1.807) is 24.3 Å². The topological polar surface area (TPSA) is 105 Å². The van der Waals surface area contributed by atoms with Crippen LogP contribution in [0.3, 0.4) is 0 Å². The Morgan fingerprint density at radius 3 is 1.25 bits per heavy atom. The number of rotatable bonds is 9. The molecule has 32 heavy (non-hydrogen) atoms. The zero-order valence-corrected chi connectivity index (χ0v) is 19.5. The van der Waals surface area contributed by atoms with Crippen molar-refractivity contribution in [2.45, 2.75) is 40.5 Å². The zero-order valence-electron chi connectivity index (χ0n) is 19.5. The van der Waals surface area contributed by atoms with Gasteiger partial charge in [-0.2, -0.15) is 0 Å². The largest absolute Gasteiger partial charge is 0.465 e. The van der Waals surface area contributed by atoms with E-state index in [0.29, 0.717) is 25.0 Å². The number of esters is 4. The fourth-order valence-corrected chi connectivity index (χ4v) is 2.26. The molecule has 180 valence electrons. The first kappa shape index (κ1) is 31.0. The van der Waals surface area contributed by atoms with E-state index < -0.39 is 0 Å². The molecule has 0 aromatic heterocycles. The number of allylic oxidation sites excluding steroid dienone is 2. The Kier molecular flexibility index (Phi) is 20.4. The Morgan fingerprint density at radius 2 is 1.00 bits per heavy atom. The SMILES string of the molecule is C=C.CC(=O)OC/C=C/C=C/COC(C)=O.CC(=O)OC[C@@H]1C=C[C@H](COC(C)=O)CC1. The second-order valence-electron chi connectivity index (χ2n) is 6.55. The minimum absolute atomic E-state index is 0.240. The van der Waals surface area contributed by atoms with Crippen LogP contribution in [-0.4, -0.2) is 50.3 Å². The summed E-state index contributed by atoms with van der Waals surface area (Å²) in [6.45, 7) is 12.9. The lowest BCUT2D eigenvalue weighted by atomic mass is 9.89. The summed E-state index contributed by atoms with van der Waals surface area (Å²) in [7, 11) is 0. The van der Waals surface area contributed by atoms with Crippen LogP contribution in [0, 0.1) is 11.8 Å². The van der Waals surface area contributed by atoms with Crippen LogP contribution < -0.4 is 0 Å². The maximum Gasteiger partial charge on any atom is 0.302 e. The van der Waals surface area contributed by atoms with Crippen molar-refractivity contribution < 1.29 is 38.1 Å². The van der Waals surface area contributed by atoms with Crippen LogP contribution in [0.25, 0.3) is 0 Å². The van der Waals surface area contributed by atoms with Gasteiger partial charge in [0.15, 0.2) is 0 Å². The highest BCUT2D eigenvalue weighted by Crippen LogP contribution is 2.22. The van der Waals surface area contributed by atoms with Crippen LogP contribution in [0.2, 0.25) is 0 Å². The van der Waals surface area contributed by atoms with Crippen molar-refractivity contribution in [2.75, 3.05) is 26.4 Å². The summed E-state index contributed by atoms with van der Waals surface area (Å²) in [5, 5.41) is 0. The highest BCUT2D eigenvalue weighted by Gasteiger charge is 2.17. The van der Waals surface area contributed by atoms with Crippen molar-refractivity contribution in [2.24, 2.45) is 11.8 Å². The Balaban J connectivity index is 0. The third-order valence-electron chi connectivity index (χ3n) is 3.71. The van der Waals surface area contributed by atoms with Gasteiger partial charge < -0.3 is 18.9 Å². The second kappa shape index (κ2) is 21.1. The minimum Gasteiger partial charge on any atom is -0.465 e. The summed E-state index contributed by atoms with van der Waals surface area (Å²) < 4.78 is 19.2. The molecule has 0 heterocycles. The fourth-order valence-electron chi connectivity index (χ4n) is 2.26. The number of hydrogen-bond donors (Lipinski definition) is 0. The van der Waals surface area contributed by atoms with Crippen LogP contribution in [0.15, 0.2) is 49.6 Å². The van der Waals surface area contributed by atoms with Gasteiger partial charge in [0.25, 0.3) is 0 Å². The number of ether oxygens (including phenoxy) is 4. The van der Waals surface area contributed by atoms with Crippen molar-refractivity contribution in [3.05, 3.63) is 49.6 Å². The predicted molar refractivity (Wildman–Crippen MR) is 121 cm³/mol. The van der Waals surface area contributed by atoms with Crippen LogP contribution in [0.5, 0.6) is 0 Å².